The van der Waals surface area contributed by atoms with Crippen molar-refractivity contribution in [1.29, 1.82) is 5.41 Å². The van der Waals surface area contributed by atoms with E-state index >= 15 is 0 Å². The van der Waals surface area contributed by atoms with E-state index in [-0.39, 0.29) is 42.9 Å². The van der Waals surface area contributed by atoms with Crippen molar-refractivity contribution < 1.29 is 35.8 Å². The minimum Gasteiger partial charge on any atom is -1.00 e. The topological polar surface area (TPSA) is 56.2 Å². The van der Waals surface area contributed by atoms with Crippen LogP contribution in [0.15, 0.2) is 0 Å². The smallest absolute Gasteiger partial charge is 1.00 e. The molecule has 0 aliphatic carbocycles. The molecule has 0 atom stereocenters. The van der Waals surface area contributed by atoms with Gasteiger partial charge in [-0.25, -0.2) is 0 Å². The van der Waals surface area contributed by atoms with E-state index in [0.717, 1.165) is 0 Å². The van der Waals surface area contributed by atoms with Crippen LogP contribution in [0.1, 0.15) is 1.43 Å². The maximum absolute atomic E-state index is 10.4. The molecule has 1 fully saturated rings. The number of nitrogens with one attached hydrogen (secondary N) is 2. The number of amides is 1. The van der Waals surface area contributed by atoms with Crippen LogP contribution in [0.2, 0.25) is 0 Å². The number of nitrogens with zero attached hydrogens (tertiary/aromatic N) is 1. The molecule has 0 aromatic carbocycles. The molecule has 0 bridgehead atoms. The first-order valence-electron chi connectivity index (χ1n) is 2.29. The minimum absolute atomic E-state index is 0. The molecule has 1 aliphatic heterocycles. The Bertz CT molecular complexity index is 151. The van der Waals surface area contributed by atoms with Gasteiger partial charge in [-0.3, -0.25) is 15.5 Å². The van der Waals surface area contributed by atoms with Gasteiger partial charge < -0.3 is 6.33 Å². The van der Waals surface area contributed by atoms with Gasteiger partial charge in [0.25, 0.3) is 0 Å². The SMILES string of the molecule is CN1CC(=O)NC1=N.[H-].[Na+]. The van der Waals surface area contributed by atoms with Gasteiger partial charge in [0.15, 0.2) is 5.96 Å². The van der Waals surface area contributed by atoms with E-state index in [1.54, 1.807) is 11.9 Å². The minimum atomic E-state index is -0.0995. The van der Waals surface area contributed by atoms with E-state index in [2.05, 4.69) is 5.32 Å². The first kappa shape index (κ1) is 8.94. The molecule has 1 aliphatic rings. The van der Waals surface area contributed by atoms with E-state index in [4.69, 9.17) is 5.41 Å². The van der Waals surface area contributed by atoms with E-state index in [0.29, 0.717) is 6.54 Å². The van der Waals surface area contributed by atoms with E-state index in [1.165, 1.54) is 0 Å². The second-order valence-corrected chi connectivity index (χ2v) is 1.75. The second-order valence-electron chi connectivity index (χ2n) is 1.75. The molecule has 0 aromatic rings. The molecule has 5 heteroatoms. The first-order valence-corrected chi connectivity index (χ1v) is 2.29. The summed E-state index contributed by atoms with van der Waals surface area (Å²) in [6.45, 7) is 0.318. The molecule has 0 unspecified atom stereocenters. The molecule has 0 saturated carbocycles. The van der Waals surface area contributed by atoms with Crippen molar-refractivity contribution >= 4 is 11.9 Å². The molecule has 2 N–H and O–H groups in total. The van der Waals surface area contributed by atoms with Crippen molar-refractivity contribution in [3.05, 3.63) is 0 Å². The summed E-state index contributed by atoms with van der Waals surface area (Å²) in [6.07, 6.45) is 0. The molecular formula is C4H8N3NaO. The van der Waals surface area contributed by atoms with Gasteiger partial charge in [0.2, 0.25) is 5.91 Å². The first-order chi connectivity index (χ1) is 3.70. The average Bonchev–Trinajstić information content (AvgIpc) is 1.85. The zero-order valence-electron chi connectivity index (χ0n) is 6.56. The molecule has 1 amide bonds. The van der Waals surface area contributed by atoms with Crippen LogP contribution < -0.4 is 34.9 Å². The number of rotatable bonds is 0. The Balaban J connectivity index is 0. The van der Waals surface area contributed by atoms with Crippen molar-refractivity contribution in [2.45, 2.75) is 0 Å². The van der Waals surface area contributed by atoms with Crippen molar-refractivity contribution in [3.63, 3.8) is 0 Å². The van der Waals surface area contributed by atoms with Gasteiger partial charge in [-0.2, -0.15) is 0 Å². The molecule has 1 rings (SSSR count). The maximum atomic E-state index is 10.4. The van der Waals surface area contributed by atoms with Crippen molar-refractivity contribution in [1.82, 2.24) is 10.2 Å². The predicted octanol–water partition coefficient (Wildman–Crippen LogP) is -3.90. The van der Waals surface area contributed by atoms with E-state index in [1.807, 2.05) is 0 Å². The molecule has 0 spiro atoms. The third-order valence-electron chi connectivity index (χ3n) is 1.02. The summed E-state index contributed by atoms with van der Waals surface area (Å²) < 4.78 is 0. The molecule has 1 saturated heterocycles. The fourth-order valence-corrected chi connectivity index (χ4v) is 0.561. The molecular weight excluding hydrogens is 129 g/mol. The Kier molecular flexibility index (Phi) is 3.17. The Morgan fingerprint density at radius 3 is 2.56 bits per heavy atom. The summed E-state index contributed by atoms with van der Waals surface area (Å²) in [5.41, 5.74) is 0. The van der Waals surface area contributed by atoms with Gasteiger partial charge in [-0.05, 0) is 0 Å². The van der Waals surface area contributed by atoms with Crippen molar-refractivity contribution in [3.8, 4) is 0 Å². The summed E-state index contributed by atoms with van der Waals surface area (Å²) in [6, 6.07) is 0. The molecule has 9 heavy (non-hydrogen) atoms. The molecule has 4 nitrogen and oxygen atoms in total. The number of carbonyl (C=O) groups excluding carboxylic acids is 1. The second kappa shape index (κ2) is 3.20. The van der Waals surface area contributed by atoms with Crippen LogP contribution in [-0.2, 0) is 4.79 Å². The zero-order valence-corrected chi connectivity index (χ0v) is 7.56. The van der Waals surface area contributed by atoms with E-state index in [9.17, 15) is 4.79 Å². The number of hydrogen-bond donors (Lipinski definition) is 2. The summed E-state index contributed by atoms with van der Waals surface area (Å²) in [4.78, 5) is 11.9. The fourth-order valence-electron chi connectivity index (χ4n) is 0.561. The van der Waals surface area contributed by atoms with Gasteiger partial charge >= 0.3 is 29.6 Å². The van der Waals surface area contributed by atoms with Crippen LogP contribution in [0.25, 0.3) is 0 Å². The number of carbonyl (C=O) groups is 1. The Morgan fingerprint density at radius 1 is 1.89 bits per heavy atom. The van der Waals surface area contributed by atoms with Gasteiger partial charge in [0.05, 0.1) is 6.54 Å². The number of likely N-dealkylation sites (N-methyl/N-ethyl adjacent to an activating group) is 1. The molecule has 1 heterocycles. The Morgan fingerprint density at radius 2 is 2.44 bits per heavy atom. The Labute approximate surface area is 76.9 Å². The quantitative estimate of drug-likeness (QED) is 0.335. The monoisotopic (exact) mass is 137 g/mol. The normalized spacial score (nSPS) is 17.2. The largest absolute Gasteiger partial charge is 1.00 e. The van der Waals surface area contributed by atoms with Crippen LogP contribution in [0.4, 0.5) is 0 Å². The summed E-state index contributed by atoms with van der Waals surface area (Å²) in [5.74, 6) is 0.0903. The van der Waals surface area contributed by atoms with Crippen LogP contribution in [0.3, 0.4) is 0 Å². The fraction of sp³-hybridized carbons (Fsp3) is 0.500. The molecule has 0 aromatic heterocycles. The van der Waals surface area contributed by atoms with Crippen LogP contribution in [0.5, 0.6) is 0 Å². The van der Waals surface area contributed by atoms with Gasteiger partial charge in [-0.15, -0.1) is 0 Å². The van der Waals surface area contributed by atoms with Gasteiger partial charge in [0.1, 0.15) is 0 Å². The van der Waals surface area contributed by atoms with Gasteiger partial charge in [0, 0.05) is 7.05 Å². The number of guanidine groups is 1. The number of hydrogen-bond acceptors (Lipinski definition) is 2. The third kappa shape index (κ3) is 1.97. The summed E-state index contributed by atoms with van der Waals surface area (Å²) in [7, 11) is 1.69. The molecule has 0 radical (unpaired) electrons. The van der Waals surface area contributed by atoms with Gasteiger partial charge in [-0.1, -0.05) is 0 Å². The zero-order chi connectivity index (χ0) is 6.15. The standard InChI is InChI=1S/C4H7N3O.Na.H/c1-7-2-3(8)6-4(7)5;;/h2H2,1H3,(H2,5,6,8);;/q;+1;-1. The maximum Gasteiger partial charge on any atom is 1.00 e. The van der Waals surface area contributed by atoms with E-state index < -0.39 is 0 Å². The van der Waals surface area contributed by atoms with Crippen LogP contribution in [-0.4, -0.2) is 30.4 Å². The van der Waals surface area contributed by atoms with Crippen molar-refractivity contribution in [2.24, 2.45) is 0 Å². The summed E-state index contributed by atoms with van der Waals surface area (Å²) in [5, 5.41) is 9.32. The Hall–Kier alpha value is -0.0600. The third-order valence-corrected chi connectivity index (χ3v) is 1.02. The van der Waals surface area contributed by atoms with Crippen molar-refractivity contribution in [2.75, 3.05) is 13.6 Å². The summed E-state index contributed by atoms with van der Waals surface area (Å²) >= 11 is 0. The van der Waals surface area contributed by atoms with Crippen LogP contribution >= 0.6 is 0 Å². The average molecular weight is 137 g/mol. The van der Waals surface area contributed by atoms with Crippen LogP contribution in [0, 0.1) is 5.41 Å². The molecule has 46 valence electrons. The predicted molar refractivity (Wildman–Crippen MR) is 29.6 cm³/mol.